The normalized spacial score (nSPS) is 10.1. The van der Waals surface area contributed by atoms with E-state index in [1.807, 2.05) is 31.2 Å². The second kappa shape index (κ2) is 6.71. The average molecular weight is 300 g/mol. The minimum atomic E-state index is -0.591. The summed E-state index contributed by atoms with van der Waals surface area (Å²) in [4.78, 5) is 22.5. The van der Waals surface area contributed by atoms with Crippen LogP contribution in [0.5, 0.6) is 0 Å². The van der Waals surface area contributed by atoms with Gasteiger partial charge in [-0.1, -0.05) is 29.8 Å². The number of nitrogens with one attached hydrogen (secondary N) is 1. The molecule has 1 N–H and O–H groups in total. The van der Waals surface area contributed by atoms with E-state index < -0.39 is 10.9 Å². The molecule has 0 bridgehead atoms. The van der Waals surface area contributed by atoms with E-state index in [1.54, 1.807) is 7.05 Å². The molecule has 6 heteroatoms. The van der Waals surface area contributed by atoms with Crippen molar-refractivity contribution in [2.24, 2.45) is 0 Å². The summed E-state index contributed by atoms with van der Waals surface area (Å²) in [5, 5.41) is 13.7. The van der Waals surface area contributed by atoms with Gasteiger partial charge < -0.3 is 10.1 Å². The average Bonchev–Trinajstić information content (AvgIpc) is 2.52. The Hall–Kier alpha value is -2.89. The highest BCUT2D eigenvalue weighted by Crippen LogP contribution is 2.25. The number of aryl methyl sites for hydroxylation is 1. The van der Waals surface area contributed by atoms with Gasteiger partial charge in [0, 0.05) is 13.1 Å². The van der Waals surface area contributed by atoms with Crippen molar-refractivity contribution in [3.05, 3.63) is 69.3 Å². The van der Waals surface area contributed by atoms with Gasteiger partial charge in [0.15, 0.2) is 0 Å². The fraction of sp³-hybridized carbons (Fsp3) is 0.188. The summed E-state index contributed by atoms with van der Waals surface area (Å²) in [6.07, 6.45) is 0. The maximum atomic E-state index is 12.0. The Bertz CT molecular complexity index is 713. The van der Waals surface area contributed by atoms with Crippen molar-refractivity contribution in [1.82, 2.24) is 0 Å². The van der Waals surface area contributed by atoms with Gasteiger partial charge in [-0.2, -0.15) is 0 Å². The fourth-order valence-electron chi connectivity index (χ4n) is 2.06. The smallest absolute Gasteiger partial charge is 0.338 e. The first kappa shape index (κ1) is 15.5. The summed E-state index contributed by atoms with van der Waals surface area (Å²) in [6.45, 7) is 2.08. The van der Waals surface area contributed by atoms with Crippen LogP contribution in [0.4, 0.5) is 11.4 Å². The van der Waals surface area contributed by atoms with Gasteiger partial charge >= 0.3 is 5.97 Å². The van der Waals surface area contributed by atoms with Crippen LogP contribution in [0.25, 0.3) is 0 Å². The highest BCUT2D eigenvalue weighted by molar-refractivity contribution is 5.91. The number of carbonyl (C=O) groups excluding carboxylic acids is 1. The Balaban J connectivity index is 2.12. The number of benzene rings is 2. The van der Waals surface area contributed by atoms with Gasteiger partial charge in [0.1, 0.15) is 12.3 Å². The highest BCUT2D eigenvalue weighted by atomic mass is 16.6. The van der Waals surface area contributed by atoms with Crippen molar-refractivity contribution in [3.63, 3.8) is 0 Å². The van der Waals surface area contributed by atoms with Crippen LogP contribution in [0, 0.1) is 17.0 Å². The number of ether oxygens (including phenoxy) is 1. The second-order valence-corrected chi connectivity index (χ2v) is 4.80. The van der Waals surface area contributed by atoms with Crippen LogP contribution in [0.2, 0.25) is 0 Å². The molecule has 0 aliphatic carbocycles. The third-order valence-electron chi connectivity index (χ3n) is 3.15. The molecule has 22 heavy (non-hydrogen) atoms. The van der Waals surface area contributed by atoms with E-state index in [-0.39, 0.29) is 17.9 Å². The number of anilines is 1. The van der Waals surface area contributed by atoms with Gasteiger partial charge in [0.2, 0.25) is 0 Å². The molecule has 0 unspecified atom stereocenters. The van der Waals surface area contributed by atoms with Gasteiger partial charge in [-0.25, -0.2) is 4.79 Å². The number of nitro groups is 1. The maximum absolute atomic E-state index is 12.0. The van der Waals surface area contributed by atoms with E-state index >= 15 is 0 Å². The van der Waals surface area contributed by atoms with Crippen LogP contribution in [-0.4, -0.2) is 17.9 Å². The van der Waals surface area contributed by atoms with Crippen molar-refractivity contribution in [2.45, 2.75) is 13.5 Å². The Kier molecular flexibility index (Phi) is 4.73. The molecular formula is C16H16N2O4. The Morgan fingerprint density at radius 3 is 2.68 bits per heavy atom. The molecule has 0 saturated carbocycles. The number of nitrogens with zero attached hydrogens (tertiary/aromatic N) is 1. The third kappa shape index (κ3) is 3.60. The lowest BCUT2D eigenvalue weighted by molar-refractivity contribution is -0.384. The number of hydrogen-bond donors (Lipinski definition) is 1. The maximum Gasteiger partial charge on any atom is 0.338 e. The number of hydrogen-bond acceptors (Lipinski definition) is 5. The quantitative estimate of drug-likeness (QED) is 0.520. The molecule has 2 aromatic rings. The Labute approximate surface area is 127 Å². The third-order valence-corrected chi connectivity index (χ3v) is 3.15. The molecule has 0 spiro atoms. The standard InChI is InChI=1S/C16H16N2O4/c1-11-4-3-5-12(8-11)10-22-16(19)13-6-7-14(17-2)15(9-13)18(20)21/h3-9,17H,10H2,1-2H3. The first-order chi connectivity index (χ1) is 10.5. The molecule has 0 fully saturated rings. The van der Waals surface area contributed by atoms with E-state index in [4.69, 9.17) is 4.74 Å². The first-order valence-electron chi connectivity index (χ1n) is 6.70. The van der Waals surface area contributed by atoms with Crippen LogP contribution in [0.1, 0.15) is 21.5 Å². The monoisotopic (exact) mass is 300 g/mol. The molecule has 0 aliphatic rings. The Morgan fingerprint density at radius 2 is 2.05 bits per heavy atom. The summed E-state index contributed by atoms with van der Waals surface area (Å²) < 4.78 is 5.20. The second-order valence-electron chi connectivity index (χ2n) is 4.80. The van der Waals surface area contributed by atoms with Crippen LogP contribution >= 0.6 is 0 Å². The van der Waals surface area contributed by atoms with Crippen molar-refractivity contribution in [2.75, 3.05) is 12.4 Å². The van der Waals surface area contributed by atoms with Crippen LogP contribution in [0.3, 0.4) is 0 Å². The molecular weight excluding hydrogens is 284 g/mol. The Morgan fingerprint density at radius 1 is 1.27 bits per heavy atom. The largest absolute Gasteiger partial charge is 0.457 e. The van der Waals surface area contributed by atoms with Gasteiger partial charge in [-0.05, 0) is 24.6 Å². The summed E-state index contributed by atoms with van der Waals surface area (Å²) in [5.41, 5.74) is 2.28. The summed E-state index contributed by atoms with van der Waals surface area (Å²) in [5.74, 6) is -0.591. The molecule has 0 amide bonds. The predicted molar refractivity (Wildman–Crippen MR) is 82.9 cm³/mol. The first-order valence-corrected chi connectivity index (χ1v) is 6.70. The van der Waals surface area contributed by atoms with E-state index in [9.17, 15) is 14.9 Å². The van der Waals surface area contributed by atoms with Crippen molar-refractivity contribution in [1.29, 1.82) is 0 Å². The molecule has 0 atom stereocenters. The lowest BCUT2D eigenvalue weighted by atomic mass is 10.1. The lowest BCUT2D eigenvalue weighted by Gasteiger charge is -2.07. The fourth-order valence-corrected chi connectivity index (χ4v) is 2.06. The molecule has 0 radical (unpaired) electrons. The molecule has 0 aromatic heterocycles. The number of carbonyl (C=O) groups is 1. The van der Waals surface area contributed by atoms with Gasteiger partial charge in [-0.3, -0.25) is 10.1 Å². The molecule has 0 aliphatic heterocycles. The number of esters is 1. The van der Waals surface area contributed by atoms with Gasteiger partial charge in [0.05, 0.1) is 10.5 Å². The molecule has 114 valence electrons. The molecule has 2 aromatic carbocycles. The summed E-state index contributed by atoms with van der Waals surface area (Å²) >= 11 is 0. The molecule has 0 saturated heterocycles. The lowest BCUT2D eigenvalue weighted by Crippen LogP contribution is -2.07. The van der Waals surface area contributed by atoms with Crippen molar-refractivity contribution < 1.29 is 14.5 Å². The molecule has 6 nitrogen and oxygen atoms in total. The van der Waals surface area contributed by atoms with E-state index in [0.29, 0.717) is 5.69 Å². The van der Waals surface area contributed by atoms with E-state index in [1.165, 1.54) is 18.2 Å². The zero-order chi connectivity index (χ0) is 16.1. The molecule has 2 rings (SSSR count). The van der Waals surface area contributed by atoms with E-state index in [2.05, 4.69) is 5.32 Å². The highest BCUT2D eigenvalue weighted by Gasteiger charge is 2.17. The van der Waals surface area contributed by atoms with Crippen LogP contribution in [-0.2, 0) is 11.3 Å². The van der Waals surface area contributed by atoms with Crippen molar-refractivity contribution >= 4 is 17.3 Å². The summed E-state index contributed by atoms with van der Waals surface area (Å²) in [7, 11) is 1.58. The minimum absolute atomic E-state index is 0.127. The van der Waals surface area contributed by atoms with E-state index in [0.717, 1.165) is 11.1 Å². The minimum Gasteiger partial charge on any atom is -0.457 e. The van der Waals surface area contributed by atoms with Crippen molar-refractivity contribution in [3.8, 4) is 0 Å². The summed E-state index contributed by atoms with van der Waals surface area (Å²) in [6, 6.07) is 11.8. The SMILES string of the molecule is CNc1ccc(C(=O)OCc2cccc(C)c2)cc1[N+](=O)[O-]. The number of nitro benzene ring substituents is 1. The van der Waals surface area contributed by atoms with Gasteiger partial charge in [-0.15, -0.1) is 0 Å². The zero-order valence-corrected chi connectivity index (χ0v) is 12.3. The molecule has 0 heterocycles. The van der Waals surface area contributed by atoms with Crippen LogP contribution in [0.15, 0.2) is 42.5 Å². The predicted octanol–water partition coefficient (Wildman–Crippen LogP) is 3.30. The zero-order valence-electron chi connectivity index (χ0n) is 12.3. The van der Waals surface area contributed by atoms with Gasteiger partial charge in [0.25, 0.3) is 5.69 Å². The topological polar surface area (TPSA) is 81.5 Å². The van der Waals surface area contributed by atoms with Crippen LogP contribution < -0.4 is 5.32 Å². The number of rotatable bonds is 5.